The Morgan fingerprint density at radius 1 is 1.19 bits per heavy atom. The van der Waals surface area contributed by atoms with E-state index in [-0.39, 0.29) is 0 Å². The van der Waals surface area contributed by atoms with Gasteiger partial charge in [-0.15, -0.1) is 11.6 Å². The highest BCUT2D eigenvalue weighted by Gasteiger charge is 2.27. The summed E-state index contributed by atoms with van der Waals surface area (Å²) < 4.78 is 0. The fraction of sp³-hybridized carbons (Fsp3) is 0.357. The molecular weight excluding hydrogens is 218 g/mol. The van der Waals surface area contributed by atoms with Crippen molar-refractivity contribution in [1.29, 1.82) is 0 Å². The third kappa shape index (κ3) is 1.60. The van der Waals surface area contributed by atoms with Gasteiger partial charge in [-0.25, -0.2) is 0 Å². The molecule has 82 valence electrons. The minimum Gasteiger partial charge on any atom is -0.264 e. The molecule has 1 aliphatic rings. The molecule has 0 amide bonds. The zero-order valence-electron chi connectivity index (χ0n) is 9.07. The first-order valence-corrected chi connectivity index (χ1v) is 6.26. The third-order valence-corrected chi connectivity index (χ3v) is 4.07. The van der Waals surface area contributed by atoms with E-state index in [1.165, 1.54) is 29.2 Å². The Labute approximate surface area is 100 Å². The maximum atomic E-state index is 6.39. The fourth-order valence-corrected chi connectivity index (χ4v) is 3.14. The summed E-state index contributed by atoms with van der Waals surface area (Å²) in [4.78, 5) is 4.23. The van der Waals surface area contributed by atoms with Gasteiger partial charge in [0.1, 0.15) is 0 Å². The van der Waals surface area contributed by atoms with Gasteiger partial charge in [0, 0.05) is 29.1 Å². The second-order valence-corrected chi connectivity index (χ2v) is 5.06. The molecule has 2 unspecified atom stereocenters. The van der Waals surface area contributed by atoms with Crippen LogP contribution in [0.5, 0.6) is 0 Å². The summed E-state index contributed by atoms with van der Waals surface area (Å²) in [6, 6.07) is 8.53. The van der Waals surface area contributed by atoms with Crippen LogP contribution in [-0.2, 0) is 0 Å². The molecule has 0 spiro atoms. The average Bonchev–Trinajstić information content (AvgIpc) is 2.75. The molecule has 2 aromatic rings. The molecule has 1 aliphatic carbocycles. The van der Waals surface area contributed by atoms with Gasteiger partial charge in [0.05, 0.1) is 0 Å². The lowest BCUT2D eigenvalue weighted by molar-refractivity contribution is 0.736. The SMILES string of the molecule is ClC1CCCC1c1cccc2ccncc12. The Hall–Kier alpha value is -1.08. The summed E-state index contributed by atoms with van der Waals surface area (Å²) in [5.41, 5.74) is 1.38. The lowest BCUT2D eigenvalue weighted by Gasteiger charge is -2.16. The first-order chi connectivity index (χ1) is 7.86. The Morgan fingerprint density at radius 2 is 2.12 bits per heavy atom. The van der Waals surface area contributed by atoms with Crippen LogP contribution in [0.25, 0.3) is 10.8 Å². The van der Waals surface area contributed by atoms with Gasteiger partial charge in [-0.2, -0.15) is 0 Å². The van der Waals surface area contributed by atoms with Crippen LogP contribution in [0.15, 0.2) is 36.7 Å². The number of aromatic nitrogens is 1. The number of rotatable bonds is 1. The predicted octanol–water partition coefficient (Wildman–Crippen LogP) is 4.11. The highest BCUT2D eigenvalue weighted by atomic mass is 35.5. The second kappa shape index (κ2) is 4.06. The van der Waals surface area contributed by atoms with Gasteiger partial charge in [-0.1, -0.05) is 24.6 Å². The topological polar surface area (TPSA) is 12.9 Å². The van der Waals surface area contributed by atoms with E-state index in [0.29, 0.717) is 11.3 Å². The third-order valence-electron chi connectivity index (χ3n) is 3.55. The first kappa shape index (κ1) is 10.1. The molecule has 0 aliphatic heterocycles. The number of hydrogen-bond acceptors (Lipinski definition) is 1. The van der Waals surface area contributed by atoms with Crippen LogP contribution in [0.2, 0.25) is 0 Å². The number of benzene rings is 1. The van der Waals surface area contributed by atoms with E-state index >= 15 is 0 Å². The zero-order chi connectivity index (χ0) is 11.0. The number of alkyl halides is 1. The average molecular weight is 232 g/mol. The highest BCUT2D eigenvalue weighted by Crippen LogP contribution is 2.40. The quantitative estimate of drug-likeness (QED) is 0.673. The summed E-state index contributed by atoms with van der Waals surface area (Å²) in [6.07, 6.45) is 7.41. The van der Waals surface area contributed by atoms with E-state index in [9.17, 15) is 0 Å². The van der Waals surface area contributed by atoms with E-state index in [1.54, 1.807) is 0 Å². The van der Waals surface area contributed by atoms with Gasteiger partial charge in [0.25, 0.3) is 0 Å². The van der Waals surface area contributed by atoms with Gasteiger partial charge in [-0.3, -0.25) is 4.98 Å². The number of hydrogen-bond donors (Lipinski definition) is 0. The summed E-state index contributed by atoms with van der Waals surface area (Å²) in [5, 5.41) is 2.83. The lowest BCUT2D eigenvalue weighted by Crippen LogP contribution is -2.05. The van der Waals surface area contributed by atoms with Crippen molar-refractivity contribution in [2.75, 3.05) is 0 Å². The second-order valence-electron chi connectivity index (χ2n) is 4.50. The number of pyridine rings is 1. The largest absolute Gasteiger partial charge is 0.264 e. The first-order valence-electron chi connectivity index (χ1n) is 5.83. The molecule has 1 aromatic carbocycles. The van der Waals surface area contributed by atoms with E-state index in [4.69, 9.17) is 11.6 Å². The van der Waals surface area contributed by atoms with Crippen molar-refractivity contribution in [2.45, 2.75) is 30.6 Å². The van der Waals surface area contributed by atoms with Crippen LogP contribution in [0.3, 0.4) is 0 Å². The highest BCUT2D eigenvalue weighted by molar-refractivity contribution is 6.21. The Morgan fingerprint density at radius 3 is 2.94 bits per heavy atom. The molecule has 1 heterocycles. The molecule has 3 rings (SSSR count). The molecule has 1 saturated carbocycles. The molecule has 2 heteroatoms. The molecule has 1 nitrogen and oxygen atoms in total. The van der Waals surface area contributed by atoms with Crippen molar-refractivity contribution >= 4 is 22.4 Å². The van der Waals surface area contributed by atoms with Crippen molar-refractivity contribution in [3.8, 4) is 0 Å². The number of halogens is 1. The maximum Gasteiger partial charge on any atom is 0.0404 e. The normalized spacial score (nSPS) is 25.1. The molecule has 0 saturated heterocycles. The zero-order valence-corrected chi connectivity index (χ0v) is 9.82. The van der Waals surface area contributed by atoms with Crippen molar-refractivity contribution in [2.24, 2.45) is 0 Å². The fourth-order valence-electron chi connectivity index (χ4n) is 2.73. The van der Waals surface area contributed by atoms with Gasteiger partial charge in [0.2, 0.25) is 0 Å². The van der Waals surface area contributed by atoms with Crippen molar-refractivity contribution < 1.29 is 0 Å². The van der Waals surface area contributed by atoms with Crippen LogP contribution in [0.1, 0.15) is 30.7 Å². The van der Waals surface area contributed by atoms with Gasteiger partial charge < -0.3 is 0 Å². The molecule has 2 atom stereocenters. The maximum absolute atomic E-state index is 6.39. The van der Waals surface area contributed by atoms with E-state index < -0.39 is 0 Å². The number of nitrogens with zero attached hydrogens (tertiary/aromatic N) is 1. The molecule has 1 aromatic heterocycles. The molecule has 16 heavy (non-hydrogen) atoms. The summed E-state index contributed by atoms with van der Waals surface area (Å²) in [6.45, 7) is 0. The monoisotopic (exact) mass is 231 g/mol. The van der Waals surface area contributed by atoms with Crippen LogP contribution >= 0.6 is 11.6 Å². The lowest BCUT2D eigenvalue weighted by atomic mass is 9.93. The molecule has 0 radical (unpaired) electrons. The molecule has 0 bridgehead atoms. The minimum absolute atomic E-state index is 0.297. The standard InChI is InChI=1S/C14H14ClN/c15-14-6-2-5-12(14)11-4-1-3-10-7-8-16-9-13(10)11/h1,3-4,7-9,12,14H,2,5-6H2. The van der Waals surface area contributed by atoms with Gasteiger partial charge in [-0.05, 0) is 29.9 Å². The summed E-state index contributed by atoms with van der Waals surface area (Å²) in [5.74, 6) is 0.509. The van der Waals surface area contributed by atoms with E-state index in [1.807, 2.05) is 12.4 Å². The number of fused-ring (bicyclic) bond motifs is 1. The molecule has 1 fully saturated rings. The molecular formula is C14H14ClN. The molecule has 0 N–H and O–H groups in total. The van der Waals surface area contributed by atoms with Crippen LogP contribution < -0.4 is 0 Å². The van der Waals surface area contributed by atoms with Crippen molar-refractivity contribution in [3.05, 3.63) is 42.2 Å². The predicted molar refractivity (Wildman–Crippen MR) is 68.0 cm³/mol. The Balaban J connectivity index is 2.16. The van der Waals surface area contributed by atoms with Crippen LogP contribution in [0.4, 0.5) is 0 Å². The minimum atomic E-state index is 0.297. The van der Waals surface area contributed by atoms with E-state index in [0.717, 1.165) is 6.42 Å². The smallest absolute Gasteiger partial charge is 0.0404 e. The van der Waals surface area contributed by atoms with Crippen molar-refractivity contribution in [1.82, 2.24) is 4.98 Å². The van der Waals surface area contributed by atoms with Gasteiger partial charge >= 0.3 is 0 Å². The van der Waals surface area contributed by atoms with Crippen LogP contribution in [0, 0.1) is 0 Å². The summed E-state index contributed by atoms with van der Waals surface area (Å²) in [7, 11) is 0. The Bertz CT molecular complexity index is 504. The van der Waals surface area contributed by atoms with E-state index in [2.05, 4.69) is 29.2 Å². The van der Waals surface area contributed by atoms with Crippen molar-refractivity contribution in [3.63, 3.8) is 0 Å². The van der Waals surface area contributed by atoms with Gasteiger partial charge in [0.15, 0.2) is 0 Å². The Kier molecular flexibility index (Phi) is 2.56. The summed E-state index contributed by atoms with van der Waals surface area (Å²) >= 11 is 6.39. The van der Waals surface area contributed by atoms with Crippen LogP contribution in [-0.4, -0.2) is 10.4 Å².